The van der Waals surface area contributed by atoms with Crippen LogP contribution in [-0.2, 0) is 9.84 Å². The lowest BCUT2D eigenvalue weighted by atomic mass is 10.2. The van der Waals surface area contributed by atoms with Gasteiger partial charge in [0.1, 0.15) is 9.84 Å². The molecule has 0 spiro atoms. The lowest BCUT2D eigenvalue weighted by Crippen LogP contribution is -2.20. The van der Waals surface area contributed by atoms with E-state index in [9.17, 15) is 8.42 Å². The largest absolute Gasteiger partial charge is 0.317 e. The second-order valence-corrected chi connectivity index (χ2v) is 6.90. The van der Waals surface area contributed by atoms with Gasteiger partial charge in [0, 0.05) is 5.75 Å². The van der Waals surface area contributed by atoms with Crippen molar-refractivity contribution in [3.05, 3.63) is 0 Å². The normalized spacial score (nSPS) is 16.9. The standard InChI is InChI=1S/C11H23NO2S/c1-2-15(13,14)10-4-9-12-8-3-5-11-6-7-11/h11-12H,2-10H2,1H3. The average Bonchev–Trinajstić information content (AvgIpc) is 3.00. The molecule has 0 radical (unpaired) electrons. The summed E-state index contributed by atoms with van der Waals surface area (Å²) in [4.78, 5) is 0. The molecule has 1 aliphatic carbocycles. The van der Waals surface area contributed by atoms with Crippen LogP contribution in [-0.4, -0.2) is 33.0 Å². The van der Waals surface area contributed by atoms with Gasteiger partial charge in [-0.3, -0.25) is 0 Å². The van der Waals surface area contributed by atoms with Crippen molar-refractivity contribution in [1.82, 2.24) is 5.32 Å². The predicted molar refractivity (Wildman–Crippen MR) is 63.8 cm³/mol. The van der Waals surface area contributed by atoms with Crippen LogP contribution >= 0.6 is 0 Å². The molecule has 0 aliphatic heterocycles. The third-order valence-electron chi connectivity index (χ3n) is 2.91. The highest BCUT2D eigenvalue weighted by atomic mass is 32.2. The summed E-state index contributed by atoms with van der Waals surface area (Å²) in [6.45, 7) is 3.59. The van der Waals surface area contributed by atoms with Crippen LogP contribution < -0.4 is 5.32 Å². The van der Waals surface area contributed by atoms with Crippen LogP contribution in [0, 0.1) is 5.92 Å². The molecule has 15 heavy (non-hydrogen) atoms. The van der Waals surface area contributed by atoms with Crippen LogP contribution in [0.15, 0.2) is 0 Å². The van der Waals surface area contributed by atoms with Gasteiger partial charge < -0.3 is 5.32 Å². The molecule has 1 N–H and O–H groups in total. The van der Waals surface area contributed by atoms with Crippen molar-refractivity contribution in [1.29, 1.82) is 0 Å². The maximum absolute atomic E-state index is 11.2. The van der Waals surface area contributed by atoms with Gasteiger partial charge in [-0.05, 0) is 38.3 Å². The van der Waals surface area contributed by atoms with E-state index in [0.717, 1.165) is 25.4 Å². The van der Waals surface area contributed by atoms with E-state index in [1.165, 1.54) is 25.7 Å². The van der Waals surface area contributed by atoms with E-state index in [2.05, 4.69) is 5.32 Å². The molecule has 0 aromatic heterocycles. The molecule has 0 atom stereocenters. The second-order valence-electron chi connectivity index (χ2n) is 4.43. The molecule has 1 fully saturated rings. The Kier molecular flexibility index (Phi) is 5.61. The molecule has 0 aromatic rings. The van der Waals surface area contributed by atoms with E-state index in [0.29, 0.717) is 5.75 Å². The van der Waals surface area contributed by atoms with E-state index >= 15 is 0 Å². The summed E-state index contributed by atoms with van der Waals surface area (Å²) < 4.78 is 22.3. The Morgan fingerprint density at radius 3 is 2.47 bits per heavy atom. The highest BCUT2D eigenvalue weighted by Crippen LogP contribution is 2.33. The van der Waals surface area contributed by atoms with E-state index in [1.54, 1.807) is 6.92 Å². The first-order valence-corrected chi connectivity index (χ1v) is 7.87. The van der Waals surface area contributed by atoms with Gasteiger partial charge in [-0.25, -0.2) is 8.42 Å². The Hall–Kier alpha value is -0.0900. The summed E-state index contributed by atoms with van der Waals surface area (Å²) in [6, 6.07) is 0. The predicted octanol–water partition coefficient (Wildman–Crippen LogP) is 1.59. The Morgan fingerprint density at radius 2 is 1.87 bits per heavy atom. The molecule has 0 aromatic carbocycles. The van der Waals surface area contributed by atoms with Gasteiger partial charge in [-0.15, -0.1) is 0 Å². The quantitative estimate of drug-likeness (QED) is 0.615. The summed E-state index contributed by atoms with van der Waals surface area (Å²) in [5.74, 6) is 1.61. The fourth-order valence-electron chi connectivity index (χ4n) is 1.61. The fourth-order valence-corrected chi connectivity index (χ4v) is 2.48. The lowest BCUT2D eigenvalue weighted by molar-refractivity contribution is 0.577. The first-order valence-electron chi connectivity index (χ1n) is 6.05. The van der Waals surface area contributed by atoms with Crippen LogP contribution in [0.5, 0.6) is 0 Å². The molecule has 0 saturated heterocycles. The zero-order chi connectivity index (χ0) is 11.1. The van der Waals surface area contributed by atoms with Gasteiger partial charge in [-0.2, -0.15) is 0 Å². The zero-order valence-electron chi connectivity index (χ0n) is 9.67. The lowest BCUT2D eigenvalue weighted by Gasteiger charge is -2.04. The van der Waals surface area contributed by atoms with Crippen LogP contribution in [0.1, 0.15) is 39.0 Å². The molecular weight excluding hydrogens is 210 g/mol. The van der Waals surface area contributed by atoms with Crippen molar-refractivity contribution in [2.45, 2.75) is 39.0 Å². The maximum Gasteiger partial charge on any atom is 0.150 e. The first-order chi connectivity index (χ1) is 7.14. The van der Waals surface area contributed by atoms with Gasteiger partial charge in [0.25, 0.3) is 0 Å². The van der Waals surface area contributed by atoms with Crippen LogP contribution in [0.3, 0.4) is 0 Å². The minimum Gasteiger partial charge on any atom is -0.317 e. The van der Waals surface area contributed by atoms with Crippen LogP contribution in [0.4, 0.5) is 0 Å². The van der Waals surface area contributed by atoms with E-state index < -0.39 is 9.84 Å². The summed E-state index contributed by atoms with van der Waals surface area (Å²) in [5, 5.41) is 3.30. The van der Waals surface area contributed by atoms with Crippen molar-refractivity contribution in [2.75, 3.05) is 24.6 Å². The summed E-state index contributed by atoms with van der Waals surface area (Å²) in [7, 11) is -2.76. The van der Waals surface area contributed by atoms with Gasteiger partial charge in [0.05, 0.1) is 5.75 Å². The van der Waals surface area contributed by atoms with Crippen molar-refractivity contribution in [2.24, 2.45) is 5.92 Å². The van der Waals surface area contributed by atoms with Gasteiger partial charge in [0.15, 0.2) is 0 Å². The van der Waals surface area contributed by atoms with Gasteiger partial charge in [-0.1, -0.05) is 19.8 Å². The zero-order valence-corrected chi connectivity index (χ0v) is 10.5. The molecule has 0 heterocycles. The molecule has 1 rings (SSSR count). The highest BCUT2D eigenvalue weighted by molar-refractivity contribution is 7.91. The Bertz CT molecular complexity index is 258. The van der Waals surface area contributed by atoms with Crippen molar-refractivity contribution in [3.8, 4) is 0 Å². The van der Waals surface area contributed by atoms with Crippen LogP contribution in [0.25, 0.3) is 0 Å². The van der Waals surface area contributed by atoms with Crippen molar-refractivity contribution < 1.29 is 8.42 Å². The average molecular weight is 233 g/mol. The highest BCUT2D eigenvalue weighted by Gasteiger charge is 2.19. The molecule has 4 heteroatoms. The minimum atomic E-state index is -2.76. The maximum atomic E-state index is 11.2. The number of sulfone groups is 1. The first kappa shape index (κ1) is 13.0. The molecule has 90 valence electrons. The smallest absolute Gasteiger partial charge is 0.150 e. The molecule has 1 aliphatic rings. The Morgan fingerprint density at radius 1 is 1.20 bits per heavy atom. The molecule has 0 unspecified atom stereocenters. The van der Waals surface area contributed by atoms with Crippen molar-refractivity contribution >= 4 is 9.84 Å². The third-order valence-corrected chi connectivity index (χ3v) is 4.70. The monoisotopic (exact) mass is 233 g/mol. The number of nitrogens with one attached hydrogen (secondary N) is 1. The van der Waals surface area contributed by atoms with E-state index in [4.69, 9.17) is 0 Å². The van der Waals surface area contributed by atoms with E-state index in [-0.39, 0.29) is 5.75 Å². The summed E-state index contributed by atoms with van der Waals surface area (Å²) >= 11 is 0. The number of hydrogen-bond acceptors (Lipinski definition) is 3. The Balaban J connectivity index is 1.83. The molecular formula is C11H23NO2S. The van der Waals surface area contributed by atoms with Gasteiger partial charge >= 0.3 is 0 Å². The fraction of sp³-hybridized carbons (Fsp3) is 1.00. The van der Waals surface area contributed by atoms with Crippen LogP contribution in [0.2, 0.25) is 0 Å². The minimum absolute atomic E-state index is 0.273. The third kappa shape index (κ3) is 6.90. The molecule has 0 amide bonds. The second kappa shape index (κ2) is 6.48. The van der Waals surface area contributed by atoms with Crippen molar-refractivity contribution in [3.63, 3.8) is 0 Å². The number of rotatable bonds is 9. The molecule has 3 nitrogen and oxygen atoms in total. The molecule has 1 saturated carbocycles. The SMILES string of the molecule is CCS(=O)(=O)CCCNCCCC1CC1. The Labute approximate surface area is 93.6 Å². The van der Waals surface area contributed by atoms with E-state index in [1.807, 2.05) is 0 Å². The topological polar surface area (TPSA) is 46.2 Å². The summed E-state index contributed by atoms with van der Waals surface area (Å²) in [6.07, 6.45) is 6.19. The number of hydrogen-bond donors (Lipinski definition) is 1. The van der Waals surface area contributed by atoms with Gasteiger partial charge in [0.2, 0.25) is 0 Å². The summed E-state index contributed by atoms with van der Waals surface area (Å²) in [5.41, 5.74) is 0. The molecule has 0 bridgehead atoms.